The number of carbonyl (C=O) groups is 1. The average Bonchev–Trinajstić information content (AvgIpc) is 3.20. The molecule has 2 unspecified atom stereocenters. The molecule has 7 heteroatoms. The number of H-pyrrole nitrogens is 1. The van der Waals surface area contributed by atoms with E-state index in [1.807, 2.05) is 25.3 Å². The van der Waals surface area contributed by atoms with Gasteiger partial charge in [-0.05, 0) is 36.8 Å². The van der Waals surface area contributed by atoms with Crippen LogP contribution < -0.4 is 15.4 Å². The van der Waals surface area contributed by atoms with Crippen molar-refractivity contribution in [3.8, 4) is 16.9 Å². The van der Waals surface area contributed by atoms with Gasteiger partial charge in [0.25, 0.3) is 0 Å². The molecule has 0 spiro atoms. The van der Waals surface area contributed by atoms with Gasteiger partial charge < -0.3 is 15.4 Å². The number of rotatable bonds is 6. The molecule has 3 N–H and O–H groups in total. The van der Waals surface area contributed by atoms with Crippen LogP contribution in [0.1, 0.15) is 12.1 Å². The third kappa shape index (κ3) is 3.91. The summed E-state index contributed by atoms with van der Waals surface area (Å²) < 4.78 is 18.7. The van der Waals surface area contributed by atoms with Gasteiger partial charge in [-0.3, -0.25) is 9.89 Å². The fourth-order valence-corrected chi connectivity index (χ4v) is 2.70. The molecule has 1 saturated heterocycles. The molecule has 1 fully saturated rings. The number of hydrogen-bond acceptors (Lipinski definition) is 4. The Kier molecular flexibility index (Phi) is 5.10. The lowest BCUT2D eigenvalue weighted by Crippen LogP contribution is -2.41. The first-order valence-corrected chi connectivity index (χ1v) is 7.93. The van der Waals surface area contributed by atoms with E-state index in [0.29, 0.717) is 18.9 Å². The molecule has 1 aromatic heterocycles. The Bertz CT molecular complexity index is 703. The smallest absolute Gasteiger partial charge is 0.237 e. The van der Waals surface area contributed by atoms with Gasteiger partial charge in [0.15, 0.2) is 0 Å². The van der Waals surface area contributed by atoms with Crippen molar-refractivity contribution in [1.29, 1.82) is 0 Å². The monoisotopic (exact) mass is 331 g/mol. The minimum Gasteiger partial charge on any atom is -0.492 e. The predicted molar refractivity (Wildman–Crippen MR) is 87.4 cm³/mol. The molecule has 1 radical (unpaired) electrons. The maximum atomic E-state index is 13.0. The minimum atomic E-state index is -0.943. The van der Waals surface area contributed by atoms with E-state index in [1.54, 1.807) is 6.07 Å². The lowest BCUT2D eigenvalue weighted by molar-refractivity contribution is -0.122. The predicted octanol–water partition coefficient (Wildman–Crippen LogP) is 1.38. The van der Waals surface area contributed by atoms with Crippen molar-refractivity contribution in [2.75, 3.05) is 19.7 Å². The number of carbonyl (C=O) groups excluding carboxylic acids is 1. The van der Waals surface area contributed by atoms with Crippen LogP contribution in [0, 0.1) is 13.0 Å². The van der Waals surface area contributed by atoms with Crippen molar-refractivity contribution in [2.24, 2.45) is 0 Å². The number of halogens is 1. The van der Waals surface area contributed by atoms with Gasteiger partial charge in [0.2, 0.25) is 5.91 Å². The zero-order valence-corrected chi connectivity index (χ0v) is 13.4. The van der Waals surface area contributed by atoms with Crippen molar-refractivity contribution in [2.45, 2.75) is 25.6 Å². The third-order valence-corrected chi connectivity index (χ3v) is 3.97. The molecule has 2 atom stereocenters. The van der Waals surface area contributed by atoms with Gasteiger partial charge in [-0.2, -0.15) is 5.10 Å². The standard InChI is InChI=1S/C17H20FN4O2/c1-11-15(10-21-22-11)12-3-2-4-14(7-12)24-6-5-19-17(23)16-8-13(18)9-20-16/h3-4,7,10,13,16,20H,5-6,8-9H2,1H3,(H,19,23)(H,21,22). The average molecular weight is 331 g/mol. The fourth-order valence-electron chi connectivity index (χ4n) is 2.70. The molecule has 3 rings (SSSR count). The third-order valence-electron chi connectivity index (χ3n) is 3.97. The molecule has 1 aromatic carbocycles. The van der Waals surface area contributed by atoms with Crippen molar-refractivity contribution in [1.82, 2.24) is 20.8 Å². The van der Waals surface area contributed by atoms with Gasteiger partial charge in [0, 0.05) is 24.7 Å². The van der Waals surface area contributed by atoms with Crippen LogP contribution in [-0.2, 0) is 4.79 Å². The molecule has 0 saturated carbocycles. The van der Waals surface area contributed by atoms with Crippen LogP contribution in [0.15, 0.2) is 24.4 Å². The Morgan fingerprint density at radius 2 is 2.42 bits per heavy atom. The SMILES string of the molecule is Cc1n[nH]cc1-c1c[c]cc(OCCNC(=O)C2CC(F)CN2)c1. The number of nitrogens with one attached hydrogen (secondary N) is 3. The van der Waals surface area contributed by atoms with E-state index in [-0.39, 0.29) is 18.9 Å². The molecule has 24 heavy (non-hydrogen) atoms. The Labute approximate surface area is 139 Å². The highest BCUT2D eigenvalue weighted by atomic mass is 19.1. The molecule has 1 amide bonds. The van der Waals surface area contributed by atoms with Gasteiger partial charge in [-0.15, -0.1) is 0 Å². The van der Waals surface area contributed by atoms with Crippen LogP contribution in [0.5, 0.6) is 5.75 Å². The van der Waals surface area contributed by atoms with E-state index < -0.39 is 12.2 Å². The van der Waals surface area contributed by atoms with E-state index in [9.17, 15) is 9.18 Å². The summed E-state index contributed by atoms with van der Waals surface area (Å²) in [5, 5.41) is 12.5. The second-order valence-corrected chi connectivity index (χ2v) is 5.78. The quantitative estimate of drug-likeness (QED) is 0.699. The number of aromatic nitrogens is 2. The maximum Gasteiger partial charge on any atom is 0.237 e. The first kappa shape index (κ1) is 16.4. The van der Waals surface area contributed by atoms with Gasteiger partial charge in [-0.25, -0.2) is 4.39 Å². The lowest BCUT2D eigenvalue weighted by Gasteiger charge is -2.12. The van der Waals surface area contributed by atoms with Gasteiger partial charge >= 0.3 is 0 Å². The van der Waals surface area contributed by atoms with Gasteiger partial charge in [-0.1, -0.05) is 0 Å². The highest BCUT2D eigenvalue weighted by molar-refractivity contribution is 5.82. The molecule has 6 nitrogen and oxygen atoms in total. The fraction of sp³-hybridized carbons (Fsp3) is 0.412. The van der Waals surface area contributed by atoms with Crippen LogP contribution >= 0.6 is 0 Å². The summed E-state index contributed by atoms with van der Waals surface area (Å²) in [4.78, 5) is 11.8. The highest BCUT2D eigenvalue weighted by Gasteiger charge is 2.28. The minimum absolute atomic E-state index is 0.187. The molecule has 1 aliphatic rings. The van der Waals surface area contributed by atoms with Gasteiger partial charge in [0.1, 0.15) is 18.5 Å². The summed E-state index contributed by atoms with van der Waals surface area (Å²) in [5.74, 6) is 0.484. The highest BCUT2D eigenvalue weighted by Crippen LogP contribution is 2.25. The van der Waals surface area contributed by atoms with Crippen molar-refractivity contribution in [3.05, 3.63) is 36.2 Å². The van der Waals surface area contributed by atoms with Crippen LogP contribution in [-0.4, -0.2) is 48.0 Å². The molecule has 0 bridgehead atoms. The second-order valence-electron chi connectivity index (χ2n) is 5.78. The Morgan fingerprint density at radius 3 is 3.12 bits per heavy atom. The van der Waals surface area contributed by atoms with Crippen LogP contribution in [0.4, 0.5) is 4.39 Å². The molecule has 127 valence electrons. The number of benzene rings is 1. The first-order chi connectivity index (χ1) is 11.6. The van der Waals surface area contributed by atoms with Crippen LogP contribution in [0.25, 0.3) is 11.1 Å². The van der Waals surface area contributed by atoms with E-state index >= 15 is 0 Å². The van der Waals surface area contributed by atoms with E-state index in [4.69, 9.17) is 4.74 Å². The number of hydrogen-bond donors (Lipinski definition) is 3. The Morgan fingerprint density at radius 1 is 1.54 bits per heavy atom. The molecular weight excluding hydrogens is 311 g/mol. The second kappa shape index (κ2) is 7.44. The summed E-state index contributed by atoms with van der Waals surface area (Å²) in [6, 6.07) is 8.11. The molecular formula is C17H20FN4O2. The van der Waals surface area contributed by atoms with E-state index in [2.05, 4.69) is 26.9 Å². The molecule has 0 aliphatic carbocycles. The van der Waals surface area contributed by atoms with Crippen LogP contribution in [0.3, 0.4) is 0 Å². The van der Waals surface area contributed by atoms with Crippen molar-refractivity contribution >= 4 is 5.91 Å². The van der Waals surface area contributed by atoms with E-state index in [0.717, 1.165) is 16.8 Å². The number of aromatic amines is 1. The number of aryl methyl sites for hydroxylation is 1. The van der Waals surface area contributed by atoms with Crippen LogP contribution in [0.2, 0.25) is 0 Å². The Balaban J connectivity index is 1.47. The first-order valence-electron chi connectivity index (χ1n) is 7.93. The summed E-state index contributed by atoms with van der Waals surface area (Å²) in [6.07, 6.45) is 1.12. The van der Waals surface area contributed by atoms with Crippen molar-refractivity contribution < 1.29 is 13.9 Å². The Hall–Kier alpha value is -2.41. The maximum absolute atomic E-state index is 13.0. The molecule has 1 aliphatic heterocycles. The summed E-state index contributed by atoms with van der Waals surface area (Å²) in [5.41, 5.74) is 2.87. The topological polar surface area (TPSA) is 79.0 Å². The summed E-state index contributed by atoms with van der Waals surface area (Å²) in [7, 11) is 0. The molecule has 2 aromatic rings. The van der Waals surface area contributed by atoms with E-state index in [1.165, 1.54) is 0 Å². The zero-order chi connectivity index (χ0) is 16.9. The summed E-state index contributed by atoms with van der Waals surface area (Å²) in [6.45, 7) is 2.86. The number of alkyl halides is 1. The van der Waals surface area contributed by atoms with Crippen molar-refractivity contribution in [3.63, 3.8) is 0 Å². The summed E-state index contributed by atoms with van der Waals surface area (Å²) >= 11 is 0. The zero-order valence-electron chi connectivity index (χ0n) is 13.4. The normalized spacial score (nSPS) is 20.1. The number of nitrogens with zero attached hydrogens (tertiary/aromatic N) is 1. The largest absolute Gasteiger partial charge is 0.492 e. The number of amides is 1. The number of ether oxygens (including phenoxy) is 1. The lowest BCUT2D eigenvalue weighted by atomic mass is 10.1. The molecule has 2 heterocycles. The van der Waals surface area contributed by atoms with Gasteiger partial charge in [0.05, 0.1) is 18.3 Å².